The average molecular weight is 320 g/mol. The zero-order chi connectivity index (χ0) is 12.6. The van der Waals surface area contributed by atoms with Crippen molar-refractivity contribution >= 4 is 17.0 Å². The monoisotopic (exact) mass is 319 g/mol. The highest BCUT2D eigenvalue weighted by molar-refractivity contribution is 8.93. The van der Waals surface area contributed by atoms with Crippen LogP contribution in [-0.2, 0) is 0 Å². The van der Waals surface area contributed by atoms with Gasteiger partial charge in [0.1, 0.15) is 0 Å². The number of rotatable bonds is 8. The summed E-state index contributed by atoms with van der Waals surface area (Å²) in [7, 11) is 0. The van der Waals surface area contributed by atoms with Crippen molar-refractivity contribution in [3.63, 3.8) is 0 Å². The van der Waals surface area contributed by atoms with E-state index in [1.54, 1.807) is 0 Å². The van der Waals surface area contributed by atoms with Crippen LogP contribution in [0.25, 0.3) is 0 Å². The Kier molecular flexibility index (Phi) is 10.5. The smallest absolute Gasteiger partial charge is 0.00955 e. The Morgan fingerprint density at radius 3 is 1.94 bits per heavy atom. The van der Waals surface area contributed by atoms with Crippen LogP contribution in [-0.4, -0.2) is 6.04 Å². The second-order valence-corrected chi connectivity index (χ2v) is 6.13. The van der Waals surface area contributed by atoms with Crippen molar-refractivity contribution in [1.29, 1.82) is 0 Å². The van der Waals surface area contributed by atoms with Gasteiger partial charge < -0.3 is 5.73 Å². The second kappa shape index (κ2) is 10.3. The van der Waals surface area contributed by atoms with E-state index in [9.17, 15) is 0 Å². The minimum atomic E-state index is 0. The van der Waals surface area contributed by atoms with Gasteiger partial charge in [0.2, 0.25) is 0 Å². The van der Waals surface area contributed by atoms with Crippen molar-refractivity contribution in [2.75, 3.05) is 0 Å². The van der Waals surface area contributed by atoms with Gasteiger partial charge in [-0.25, -0.2) is 0 Å². The summed E-state index contributed by atoms with van der Waals surface area (Å²) in [6.07, 6.45) is 16.5. The number of hydrogen-bond acceptors (Lipinski definition) is 1. The van der Waals surface area contributed by atoms with E-state index in [2.05, 4.69) is 13.8 Å². The maximum Gasteiger partial charge on any atom is 0.00955 e. The van der Waals surface area contributed by atoms with Gasteiger partial charge in [0.25, 0.3) is 0 Å². The van der Waals surface area contributed by atoms with Crippen molar-refractivity contribution in [1.82, 2.24) is 0 Å². The molecule has 0 amide bonds. The Balaban J connectivity index is 0.00000289. The van der Waals surface area contributed by atoms with E-state index in [4.69, 9.17) is 5.73 Å². The normalized spacial score (nSPS) is 22.5. The fraction of sp³-hybridized carbons (Fsp3) is 1.00. The van der Waals surface area contributed by atoms with Crippen LogP contribution < -0.4 is 5.73 Å². The van der Waals surface area contributed by atoms with Crippen LogP contribution >= 0.6 is 17.0 Å². The SMILES string of the molecule is Br.CCCCCC1(CCCCC)CCCCC1N. The summed E-state index contributed by atoms with van der Waals surface area (Å²) >= 11 is 0. The van der Waals surface area contributed by atoms with Gasteiger partial charge in [0, 0.05) is 6.04 Å². The van der Waals surface area contributed by atoms with Crippen LogP contribution in [0.3, 0.4) is 0 Å². The molecular formula is C16H34BrN. The zero-order valence-corrected chi connectivity index (χ0v) is 14.3. The Morgan fingerprint density at radius 2 is 1.50 bits per heavy atom. The summed E-state index contributed by atoms with van der Waals surface area (Å²) in [6.45, 7) is 4.59. The van der Waals surface area contributed by atoms with Gasteiger partial charge in [-0.05, 0) is 31.1 Å². The van der Waals surface area contributed by atoms with Crippen LogP contribution in [0, 0.1) is 5.41 Å². The third-order valence-electron chi connectivity index (χ3n) is 4.78. The molecule has 1 rings (SSSR count). The van der Waals surface area contributed by atoms with E-state index in [0.29, 0.717) is 11.5 Å². The summed E-state index contributed by atoms with van der Waals surface area (Å²) in [5, 5.41) is 0. The first-order valence-electron chi connectivity index (χ1n) is 8.01. The Bertz CT molecular complexity index is 184. The molecule has 18 heavy (non-hydrogen) atoms. The van der Waals surface area contributed by atoms with Gasteiger partial charge >= 0.3 is 0 Å². The Morgan fingerprint density at radius 1 is 0.944 bits per heavy atom. The summed E-state index contributed by atoms with van der Waals surface area (Å²) < 4.78 is 0. The number of hydrogen-bond donors (Lipinski definition) is 1. The van der Waals surface area contributed by atoms with Crippen LogP contribution in [0.1, 0.15) is 90.9 Å². The fourth-order valence-electron chi connectivity index (χ4n) is 3.53. The van der Waals surface area contributed by atoms with Gasteiger partial charge in [-0.2, -0.15) is 0 Å². The zero-order valence-electron chi connectivity index (χ0n) is 12.5. The first-order chi connectivity index (χ1) is 8.25. The van der Waals surface area contributed by atoms with Crippen LogP contribution in [0.15, 0.2) is 0 Å². The second-order valence-electron chi connectivity index (χ2n) is 6.13. The van der Waals surface area contributed by atoms with Crippen molar-refractivity contribution in [2.24, 2.45) is 11.1 Å². The van der Waals surface area contributed by atoms with Crippen molar-refractivity contribution in [3.05, 3.63) is 0 Å². The summed E-state index contributed by atoms with van der Waals surface area (Å²) in [5.74, 6) is 0. The van der Waals surface area contributed by atoms with Crippen LogP contribution in [0.2, 0.25) is 0 Å². The highest BCUT2D eigenvalue weighted by Gasteiger charge is 2.37. The molecule has 1 fully saturated rings. The lowest BCUT2D eigenvalue weighted by Crippen LogP contribution is -2.44. The molecule has 0 aromatic carbocycles. The third kappa shape index (κ3) is 5.61. The van der Waals surface area contributed by atoms with Gasteiger partial charge in [0.05, 0.1) is 0 Å². The van der Waals surface area contributed by atoms with Crippen molar-refractivity contribution in [3.8, 4) is 0 Å². The largest absolute Gasteiger partial charge is 0.327 e. The lowest BCUT2D eigenvalue weighted by atomic mass is 9.65. The molecule has 0 aliphatic heterocycles. The first kappa shape index (κ1) is 18.4. The molecule has 1 nitrogen and oxygen atoms in total. The lowest BCUT2D eigenvalue weighted by Gasteiger charge is -2.43. The molecule has 0 saturated heterocycles. The van der Waals surface area contributed by atoms with Gasteiger partial charge in [-0.3, -0.25) is 0 Å². The van der Waals surface area contributed by atoms with E-state index in [-0.39, 0.29) is 17.0 Å². The van der Waals surface area contributed by atoms with E-state index < -0.39 is 0 Å². The van der Waals surface area contributed by atoms with E-state index in [1.165, 1.54) is 77.0 Å². The topological polar surface area (TPSA) is 26.0 Å². The first-order valence-corrected chi connectivity index (χ1v) is 8.01. The van der Waals surface area contributed by atoms with Gasteiger partial charge in [-0.1, -0.05) is 65.2 Å². The molecule has 2 heteroatoms. The average Bonchev–Trinajstić information content (AvgIpc) is 2.33. The molecule has 1 aliphatic carbocycles. The molecule has 2 N–H and O–H groups in total. The van der Waals surface area contributed by atoms with E-state index >= 15 is 0 Å². The summed E-state index contributed by atoms with van der Waals surface area (Å²) in [6, 6.07) is 0.491. The summed E-state index contributed by atoms with van der Waals surface area (Å²) in [4.78, 5) is 0. The van der Waals surface area contributed by atoms with Crippen molar-refractivity contribution < 1.29 is 0 Å². The molecule has 0 aromatic heterocycles. The van der Waals surface area contributed by atoms with E-state index in [1.807, 2.05) is 0 Å². The van der Waals surface area contributed by atoms with E-state index in [0.717, 1.165) is 0 Å². The molecular weight excluding hydrogens is 286 g/mol. The molecule has 1 aliphatic rings. The third-order valence-corrected chi connectivity index (χ3v) is 4.78. The maximum atomic E-state index is 6.48. The standard InChI is InChI=1S/C16H33N.BrH/c1-3-5-8-12-16(13-9-6-4-2)14-10-7-11-15(16)17;/h15H,3-14,17H2,1-2H3;1H. The number of halogens is 1. The maximum absolute atomic E-state index is 6.48. The van der Waals surface area contributed by atoms with Crippen LogP contribution in [0.4, 0.5) is 0 Å². The molecule has 1 saturated carbocycles. The molecule has 110 valence electrons. The highest BCUT2D eigenvalue weighted by Crippen LogP contribution is 2.44. The Labute approximate surface area is 125 Å². The highest BCUT2D eigenvalue weighted by atomic mass is 79.9. The van der Waals surface area contributed by atoms with Gasteiger partial charge in [-0.15, -0.1) is 17.0 Å². The molecule has 0 radical (unpaired) electrons. The lowest BCUT2D eigenvalue weighted by molar-refractivity contribution is 0.116. The fourth-order valence-corrected chi connectivity index (χ4v) is 3.53. The van der Waals surface area contributed by atoms with Crippen LogP contribution in [0.5, 0.6) is 0 Å². The van der Waals surface area contributed by atoms with Crippen molar-refractivity contribution in [2.45, 2.75) is 96.9 Å². The predicted octanol–water partition coefficient (Wildman–Crippen LogP) is 5.61. The molecule has 1 atom stereocenters. The minimum absolute atomic E-state index is 0. The predicted molar refractivity (Wildman–Crippen MR) is 87.5 cm³/mol. The molecule has 1 unspecified atom stereocenters. The summed E-state index contributed by atoms with van der Waals surface area (Å²) in [5.41, 5.74) is 6.99. The number of nitrogens with two attached hydrogens (primary N) is 1. The molecule has 0 bridgehead atoms. The molecule has 0 spiro atoms. The quantitative estimate of drug-likeness (QED) is 0.578. The number of unbranched alkanes of at least 4 members (excludes halogenated alkanes) is 4. The molecule has 0 heterocycles. The van der Waals surface area contributed by atoms with Gasteiger partial charge in [0.15, 0.2) is 0 Å². The Hall–Kier alpha value is 0.440. The molecule has 0 aromatic rings. The minimum Gasteiger partial charge on any atom is -0.327 e.